The first-order chi connectivity index (χ1) is 9.13. The predicted molar refractivity (Wildman–Crippen MR) is 72.6 cm³/mol. The highest BCUT2D eigenvalue weighted by atomic mass is 19.1. The quantitative estimate of drug-likeness (QED) is 0.660. The number of benzene rings is 1. The smallest absolute Gasteiger partial charge is 0.278 e. The van der Waals surface area contributed by atoms with E-state index >= 15 is 0 Å². The molecule has 0 fully saturated rings. The summed E-state index contributed by atoms with van der Waals surface area (Å²) in [7, 11) is 1.78. The maximum absolute atomic E-state index is 13.3. The number of halogens is 1. The van der Waals surface area contributed by atoms with Crippen molar-refractivity contribution in [2.24, 2.45) is 7.05 Å². The minimum Gasteiger partial charge on any atom is -0.338 e. The maximum atomic E-state index is 13.3. The van der Waals surface area contributed by atoms with Gasteiger partial charge in [0.25, 0.3) is 5.56 Å². The van der Waals surface area contributed by atoms with Gasteiger partial charge in [-0.2, -0.15) is 0 Å². The Hall–Kier alpha value is -2.43. The molecule has 2 heterocycles. The summed E-state index contributed by atoms with van der Waals surface area (Å²) < 4.78 is 16.6. The fourth-order valence-electron chi connectivity index (χ4n) is 2.36. The third kappa shape index (κ3) is 1.58. The van der Waals surface area contributed by atoms with Crippen molar-refractivity contribution >= 4 is 21.9 Å². The molecule has 4 nitrogen and oxygen atoms in total. The van der Waals surface area contributed by atoms with E-state index in [2.05, 4.69) is 11.6 Å². The van der Waals surface area contributed by atoms with E-state index in [1.165, 1.54) is 23.0 Å². The zero-order chi connectivity index (χ0) is 13.6. The van der Waals surface area contributed by atoms with E-state index in [9.17, 15) is 9.18 Å². The van der Waals surface area contributed by atoms with Crippen molar-refractivity contribution < 1.29 is 4.39 Å². The highest BCUT2D eigenvalue weighted by Crippen LogP contribution is 2.24. The molecular weight excluding hydrogens is 245 g/mol. The molecule has 19 heavy (non-hydrogen) atoms. The van der Waals surface area contributed by atoms with Crippen LogP contribution in [0.3, 0.4) is 0 Å². The molecule has 0 spiro atoms. The van der Waals surface area contributed by atoms with Gasteiger partial charge in [0.1, 0.15) is 16.9 Å². The van der Waals surface area contributed by atoms with Gasteiger partial charge >= 0.3 is 0 Å². The normalized spacial score (nSPS) is 11.3. The Kier molecular flexibility index (Phi) is 2.48. The summed E-state index contributed by atoms with van der Waals surface area (Å²) in [6, 6.07) is 4.44. The summed E-state index contributed by atoms with van der Waals surface area (Å²) in [6.45, 7) is 4.01. The number of aromatic nitrogens is 3. The lowest BCUT2D eigenvalue weighted by Crippen LogP contribution is -2.21. The van der Waals surface area contributed by atoms with Gasteiger partial charge < -0.3 is 4.57 Å². The summed E-state index contributed by atoms with van der Waals surface area (Å²) in [4.78, 5) is 16.6. The lowest BCUT2D eigenvalue weighted by Gasteiger charge is -2.02. The summed E-state index contributed by atoms with van der Waals surface area (Å²) in [6.07, 6.45) is 3.11. The molecule has 0 bridgehead atoms. The molecule has 0 radical (unpaired) electrons. The Morgan fingerprint density at radius 3 is 3.00 bits per heavy atom. The predicted octanol–water partition coefficient (Wildman–Crippen LogP) is 2.21. The second-order valence-corrected chi connectivity index (χ2v) is 4.41. The molecule has 0 atom stereocenters. The van der Waals surface area contributed by atoms with Gasteiger partial charge in [-0.15, -0.1) is 6.58 Å². The minimum absolute atomic E-state index is 0.149. The van der Waals surface area contributed by atoms with Crippen LogP contribution in [0.5, 0.6) is 0 Å². The molecule has 0 unspecified atom stereocenters. The van der Waals surface area contributed by atoms with Crippen LogP contribution in [0.1, 0.15) is 0 Å². The summed E-state index contributed by atoms with van der Waals surface area (Å²) in [5, 5.41) is 0.653. The molecule has 5 heteroatoms. The van der Waals surface area contributed by atoms with Crippen LogP contribution in [0.4, 0.5) is 4.39 Å². The van der Waals surface area contributed by atoms with Gasteiger partial charge in [0.05, 0.1) is 11.8 Å². The van der Waals surface area contributed by atoms with Gasteiger partial charge in [-0.3, -0.25) is 9.36 Å². The van der Waals surface area contributed by atoms with Crippen molar-refractivity contribution in [1.82, 2.24) is 14.1 Å². The van der Waals surface area contributed by atoms with Crippen LogP contribution < -0.4 is 5.56 Å². The van der Waals surface area contributed by atoms with Crippen LogP contribution in [-0.2, 0) is 13.6 Å². The number of fused-ring (bicyclic) bond motifs is 3. The number of aryl methyl sites for hydroxylation is 1. The van der Waals surface area contributed by atoms with E-state index in [0.29, 0.717) is 23.0 Å². The fourth-order valence-corrected chi connectivity index (χ4v) is 2.36. The first-order valence-electron chi connectivity index (χ1n) is 5.87. The van der Waals surface area contributed by atoms with E-state index in [0.717, 1.165) is 5.52 Å². The third-order valence-corrected chi connectivity index (χ3v) is 3.25. The van der Waals surface area contributed by atoms with Gasteiger partial charge in [0.15, 0.2) is 0 Å². The van der Waals surface area contributed by atoms with Crippen molar-refractivity contribution in [3.8, 4) is 0 Å². The van der Waals surface area contributed by atoms with Crippen molar-refractivity contribution in [2.75, 3.05) is 0 Å². The fraction of sp³-hybridized carbons (Fsp3) is 0.143. The molecule has 0 N–H and O–H groups in total. The van der Waals surface area contributed by atoms with E-state index in [4.69, 9.17) is 0 Å². The number of rotatable bonds is 2. The Balaban J connectivity index is 2.51. The molecule has 2 aromatic heterocycles. The van der Waals surface area contributed by atoms with Crippen LogP contribution in [0, 0.1) is 5.82 Å². The molecular formula is C14H12FN3O. The van der Waals surface area contributed by atoms with Gasteiger partial charge in [0.2, 0.25) is 0 Å². The number of hydrogen-bond donors (Lipinski definition) is 0. The summed E-state index contributed by atoms with van der Waals surface area (Å²) in [5.74, 6) is -0.336. The lowest BCUT2D eigenvalue weighted by atomic mass is 10.2. The monoisotopic (exact) mass is 257 g/mol. The highest BCUT2D eigenvalue weighted by molar-refractivity contribution is 6.05. The molecule has 0 saturated carbocycles. The van der Waals surface area contributed by atoms with Crippen LogP contribution in [0.25, 0.3) is 21.9 Å². The minimum atomic E-state index is -0.336. The van der Waals surface area contributed by atoms with Gasteiger partial charge in [-0.25, -0.2) is 9.37 Å². The molecule has 0 aliphatic rings. The molecule has 0 aliphatic carbocycles. The summed E-state index contributed by atoms with van der Waals surface area (Å²) in [5.41, 5.74) is 1.65. The van der Waals surface area contributed by atoms with E-state index in [-0.39, 0.29) is 11.4 Å². The molecule has 3 rings (SSSR count). The van der Waals surface area contributed by atoms with Gasteiger partial charge in [-0.1, -0.05) is 6.08 Å². The third-order valence-electron chi connectivity index (χ3n) is 3.25. The molecule has 1 aromatic carbocycles. The zero-order valence-electron chi connectivity index (χ0n) is 10.4. The largest absolute Gasteiger partial charge is 0.338 e. The van der Waals surface area contributed by atoms with E-state index < -0.39 is 0 Å². The van der Waals surface area contributed by atoms with Crippen molar-refractivity contribution in [2.45, 2.75) is 6.54 Å². The Labute approximate surface area is 108 Å². The van der Waals surface area contributed by atoms with Crippen molar-refractivity contribution in [3.63, 3.8) is 0 Å². The number of hydrogen-bond acceptors (Lipinski definition) is 2. The molecule has 0 amide bonds. The lowest BCUT2D eigenvalue weighted by molar-refractivity contribution is 0.629. The molecule has 3 aromatic rings. The molecule has 0 aliphatic heterocycles. The van der Waals surface area contributed by atoms with Gasteiger partial charge in [-0.05, 0) is 18.2 Å². The summed E-state index contributed by atoms with van der Waals surface area (Å²) >= 11 is 0. The van der Waals surface area contributed by atoms with Crippen molar-refractivity contribution in [1.29, 1.82) is 0 Å². The SMILES string of the molecule is C=CCn1cnc2c3cc(F)ccc3n(C)c2c1=O. The van der Waals surface area contributed by atoms with E-state index in [1.54, 1.807) is 23.8 Å². The second-order valence-electron chi connectivity index (χ2n) is 4.41. The average molecular weight is 257 g/mol. The standard InChI is InChI=1S/C14H12FN3O/c1-3-6-18-8-16-12-10-7-9(15)4-5-11(10)17(2)13(12)14(18)19/h3-5,7-8H,1,6H2,2H3. The molecule has 0 saturated heterocycles. The Morgan fingerprint density at radius 2 is 2.26 bits per heavy atom. The van der Waals surface area contributed by atoms with Crippen molar-refractivity contribution in [3.05, 3.63) is 53.4 Å². The van der Waals surface area contributed by atoms with Crippen LogP contribution in [0.2, 0.25) is 0 Å². The Bertz CT molecular complexity index is 860. The molecule has 96 valence electrons. The first kappa shape index (κ1) is 11.6. The zero-order valence-corrected chi connectivity index (χ0v) is 10.4. The van der Waals surface area contributed by atoms with Crippen LogP contribution in [-0.4, -0.2) is 14.1 Å². The van der Waals surface area contributed by atoms with Crippen LogP contribution in [0.15, 0.2) is 42.0 Å². The van der Waals surface area contributed by atoms with Gasteiger partial charge in [0, 0.05) is 19.0 Å². The maximum Gasteiger partial charge on any atom is 0.278 e. The van der Waals surface area contributed by atoms with Crippen LogP contribution >= 0.6 is 0 Å². The number of allylic oxidation sites excluding steroid dienone is 1. The second kappa shape index (κ2) is 4.05. The highest BCUT2D eigenvalue weighted by Gasteiger charge is 2.14. The Morgan fingerprint density at radius 1 is 1.47 bits per heavy atom. The topological polar surface area (TPSA) is 39.8 Å². The van der Waals surface area contributed by atoms with E-state index in [1.807, 2.05) is 0 Å². The number of nitrogens with zero attached hydrogens (tertiary/aromatic N) is 3. The first-order valence-corrected chi connectivity index (χ1v) is 5.87. The average Bonchev–Trinajstić information content (AvgIpc) is 2.67.